The monoisotopic (exact) mass is 397 g/mol. The summed E-state index contributed by atoms with van der Waals surface area (Å²) in [5, 5.41) is 7.52. The first-order valence-corrected chi connectivity index (χ1v) is 10.6. The molecule has 3 heterocycles. The number of aromatic nitrogens is 1. The van der Waals surface area contributed by atoms with E-state index in [4.69, 9.17) is 15.5 Å². The zero-order chi connectivity index (χ0) is 20.4. The Hall–Kier alpha value is -2.22. The molecule has 2 atom stereocenters. The van der Waals surface area contributed by atoms with Gasteiger partial charge in [0.15, 0.2) is 0 Å². The summed E-state index contributed by atoms with van der Waals surface area (Å²) >= 11 is 0. The Kier molecular flexibility index (Phi) is 5.99. The molecule has 2 fully saturated rings. The average molecular weight is 398 g/mol. The molecular formula is C22H31N5O2. The summed E-state index contributed by atoms with van der Waals surface area (Å²) in [4.78, 5) is 20.0. The van der Waals surface area contributed by atoms with Crippen molar-refractivity contribution in [3.05, 3.63) is 35.4 Å². The summed E-state index contributed by atoms with van der Waals surface area (Å²) in [7, 11) is 0. The number of ether oxygens (including phenoxy) is 1. The van der Waals surface area contributed by atoms with E-state index in [9.17, 15) is 4.79 Å². The van der Waals surface area contributed by atoms with E-state index in [0.717, 1.165) is 67.8 Å². The average Bonchev–Trinajstić information content (AvgIpc) is 3.20. The zero-order valence-corrected chi connectivity index (χ0v) is 17.3. The molecule has 2 aliphatic rings. The van der Waals surface area contributed by atoms with E-state index in [0.29, 0.717) is 17.6 Å². The van der Waals surface area contributed by atoms with E-state index >= 15 is 0 Å². The maximum absolute atomic E-state index is 12.9. The second kappa shape index (κ2) is 8.65. The number of carbonyl (C=O) groups is 1. The highest BCUT2D eigenvalue weighted by Gasteiger charge is 2.27. The summed E-state index contributed by atoms with van der Waals surface area (Å²) in [6.45, 7) is 7.22. The standard InChI is InChI=1S/C22H31N5O2/c1-14-3-4-20-16(11-14)12-19(22(28)24-15(2)23)21(26-20)27-8-5-17(6-9-27)25-18-7-10-29-13-18/h3-4,11-12,15,17-18,25H,5-10,13,23H2,1-2H3,(H,24,28). The van der Waals surface area contributed by atoms with Crippen LogP contribution >= 0.6 is 0 Å². The van der Waals surface area contributed by atoms with Crippen molar-refractivity contribution in [3.63, 3.8) is 0 Å². The number of aryl methyl sites for hydroxylation is 1. The van der Waals surface area contributed by atoms with Gasteiger partial charge in [0.1, 0.15) is 5.82 Å². The molecule has 0 saturated carbocycles. The van der Waals surface area contributed by atoms with Gasteiger partial charge in [0, 0.05) is 37.2 Å². The van der Waals surface area contributed by atoms with Gasteiger partial charge < -0.3 is 26.0 Å². The number of hydrogen-bond donors (Lipinski definition) is 3. The molecule has 1 aromatic heterocycles. The molecule has 0 radical (unpaired) electrons. The van der Waals surface area contributed by atoms with Gasteiger partial charge in [-0.15, -0.1) is 0 Å². The van der Waals surface area contributed by atoms with Crippen molar-refractivity contribution in [2.75, 3.05) is 31.2 Å². The minimum absolute atomic E-state index is 0.172. The molecule has 1 amide bonds. The fourth-order valence-corrected chi connectivity index (χ4v) is 4.24. The molecule has 156 valence electrons. The first-order chi connectivity index (χ1) is 14.0. The second-order valence-electron chi connectivity index (χ2n) is 8.31. The highest BCUT2D eigenvalue weighted by atomic mass is 16.5. The number of nitrogens with zero attached hydrogens (tertiary/aromatic N) is 2. The first-order valence-electron chi connectivity index (χ1n) is 10.6. The Morgan fingerprint density at radius 1 is 1.24 bits per heavy atom. The number of benzene rings is 1. The first kappa shape index (κ1) is 20.1. The number of rotatable bonds is 5. The lowest BCUT2D eigenvalue weighted by molar-refractivity contribution is 0.0941. The van der Waals surface area contributed by atoms with Crippen LogP contribution in [-0.4, -0.2) is 55.4 Å². The van der Waals surface area contributed by atoms with Gasteiger partial charge in [-0.1, -0.05) is 11.6 Å². The Morgan fingerprint density at radius 3 is 2.72 bits per heavy atom. The van der Waals surface area contributed by atoms with Gasteiger partial charge in [-0.25, -0.2) is 4.98 Å². The molecule has 29 heavy (non-hydrogen) atoms. The van der Waals surface area contributed by atoms with Crippen LogP contribution in [0.1, 0.15) is 42.1 Å². The molecule has 2 aliphatic heterocycles. The molecule has 7 heteroatoms. The zero-order valence-electron chi connectivity index (χ0n) is 17.3. The third-order valence-electron chi connectivity index (χ3n) is 5.75. The van der Waals surface area contributed by atoms with Gasteiger partial charge in [0.05, 0.1) is 23.9 Å². The number of pyridine rings is 1. The topological polar surface area (TPSA) is 92.5 Å². The van der Waals surface area contributed by atoms with Crippen LogP contribution in [0.4, 0.5) is 5.82 Å². The fraction of sp³-hybridized carbons (Fsp3) is 0.545. The van der Waals surface area contributed by atoms with Crippen LogP contribution in [-0.2, 0) is 4.74 Å². The van der Waals surface area contributed by atoms with Crippen molar-refractivity contribution in [1.82, 2.24) is 15.6 Å². The molecule has 0 aliphatic carbocycles. The molecule has 2 unspecified atom stereocenters. The largest absolute Gasteiger partial charge is 0.380 e. The SMILES string of the molecule is Cc1ccc2nc(N3CCC(NC4CCOC4)CC3)c(C(=O)NC(C)N)cc2c1. The van der Waals surface area contributed by atoms with Crippen molar-refractivity contribution in [2.24, 2.45) is 5.73 Å². The summed E-state index contributed by atoms with van der Waals surface area (Å²) in [6.07, 6.45) is 2.73. The maximum Gasteiger partial charge on any atom is 0.256 e. The van der Waals surface area contributed by atoms with E-state index in [2.05, 4.69) is 27.7 Å². The number of piperidine rings is 1. The molecule has 4 N–H and O–H groups in total. The lowest BCUT2D eigenvalue weighted by atomic mass is 10.0. The van der Waals surface area contributed by atoms with Crippen molar-refractivity contribution in [2.45, 2.75) is 51.4 Å². The normalized spacial score (nSPS) is 21.5. The number of anilines is 1. The van der Waals surface area contributed by atoms with Crippen LogP contribution in [0.25, 0.3) is 10.9 Å². The molecule has 4 rings (SSSR count). The highest BCUT2D eigenvalue weighted by molar-refractivity contribution is 6.02. The van der Waals surface area contributed by atoms with E-state index in [1.54, 1.807) is 6.92 Å². The molecule has 0 spiro atoms. The van der Waals surface area contributed by atoms with Gasteiger partial charge in [-0.3, -0.25) is 4.79 Å². The highest BCUT2D eigenvalue weighted by Crippen LogP contribution is 2.27. The van der Waals surface area contributed by atoms with E-state index in [1.807, 2.05) is 19.1 Å². The Labute approximate surface area is 172 Å². The smallest absolute Gasteiger partial charge is 0.256 e. The van der Waals surface area contributed by atoms with Crippen LogP contribution in [0, 0.1) is 6.92 Å². The van der Waals surface area contributed by atoms with Gasteiger partial charge >= 0.3 is 0 Å². The van der Waals surface area contributed by atoms with Crippen LogP contribution < -0.4 is 21.3 Å². The van der Waals surface area contributed by atoms with Gasteiger partial charge in [0.25, 0.3) is 5.91 Å². The molecule has 0 bridgehead atoms. The number of nitrogens with two attached hydrogens (primary N) is 1. The van der Waals surface area contributed by atoms with Crippen LogP contribution in [0.15, 0.2) is 24.3 Å². The number of amides is 1. The summed E-state index contributed by atoms with van der Waals surface area (Å²) < 4.78 is 5.47. The Balaban J connectivity index is 1.56. The minimum atomic E-state index is -0.410. The minimum Gasteiger partial charge on any atom is -0.380 e. The summed E-state index contributed by atoms with van der Waals surface area (Å²) in [5.41, 5.74) is 8.46. The maximum atomic E-state index is 12.9. The van der Waals surface area contributed by atoms with Crippen LogP contribution in [0.2, 0.25) is 0 Å². The van der Waals surface area contributed by atoms with Crippen molar-refractivity contribution >= 4 is 22.6 Å². The molecular weight excluding hydrogens is 366 g/mol. The van der Waals surface area contributed by atoms with Crippen LogP contribution in [0.5, 0.6) is 0 Å². The van der Waals surface area contributed by atoms with Crippen LogP contribution in [0.3, 0.4) is 0 Å². The van der Waals surface area contributed by atoms with Crippen molar-refractivity contribution < 1.29 is 9.53 Å². The molecule has 2 aromatic rings. The van der Waals surface area contributed by atoms with Gasteiger partial charge in [0.2, 0.25) is 0 Å². The molecule has 7 nitrogen and oxygen atoms in total. The number of nitrogens with one attached hydrogen (secondary N) is 2. The number of fused-ring (bicyclic) bond motifs is 1. The Morgan fingerprint density at radius 2 is 2.03 bits per heavy atom. The van der Waals surface area contributed by atoms with E-state index in [1.165, 1.54) is 0 Å². The number of hydrogen-bond acceptors (Lipinski definition) is 6. The fourth-order valence-electron chi connectivity index (χ4n) is 4.24. The lowest BCUT2D eigenvalue weighted by Gasteiger charge is -2.35. The van der Waals surface area contributed by atoms with Crippen molar-refractivity contribution in [1.29, 1.82) is 0 Å². The number of carbonyl (C=O) groups excluding carboxylic acids is 1. The predicted molar refractivity (Wildman–Crippen MR) is 115 cm³/mol. The predicted octanol–water partition coefficient (Wildman–Crippen LogP) is 1.93. The van der Waals surface area contributed by atoms with Gasteiger partial charge in [-0.05, 0) is 51.3 Å². The Bertz CT molecular complexity index is 871. The quantitative estimate of drug-likeness (QED) is 0.668. The summed E-state index contributed by atoms with van der Waals surface area (Å²) in [5.74, 6) is 0.580. The lowest BCUT2D eigenvalue weighted by Crippen LogP contribution is -2.47. The third kappa shape index (κ3) is 4.69. The van der Waals surface area contributed by atoms with E-state index in [-0.39, 0.29) is 5.91 Å². The second-order valence-corrected chi connectivity index (χ2v) is 8.31. The molecule has 2 saturated heterocycles. The van der Waals surface area contributed by atoms with Crippen molar-refractivity contribution in [3.8, 4) is 0 Å². The molecule has 1 aromatic carbocycles. The third-order valence-corrected chi connectivity index (χ3v) is 5.75. The van der Waals surface area contributed by atoms with E-state index < -0.39 is 6.17 Å². The van der Waals surface area contributed by atoms with Gasteiger partial charge in [-0.2, -0.15) is 0 Å². The summed E-state index contributed by atoms with van der Waals surface area (Å²) in [6, 6.07) is 9.05.